The number of nitrogens with two attached hydrogens (primary N) is 1. The molecule has 74 valence electrons. The fourth-order valence-corrected chi connectivity index (χ4v) is 0.939. The van der Waals surface area contributed by atoms with Crippen molar-refractivity contribution in [2.75, 3.05) is 20.2 Å². The average Bonchev–Trinajstić information content (AvgIpc) is 2.11. The molecule has 12 heavy (non-hydrogen) atoms. The van der Waals surface area contributed by atoms with Crippen molar-refractivity contribution in [2.45, 2.75) is 38.8 Å². The highest BCUT2D eigenvalue weighted by atomic mass is 16.5. The monoisotopic (exact) mass is 174 g/mol. The van der Waals surface area contributed by atoms with Crippen molar-refractivity contribution in [3.05, 3.63) is 0 Å². The molecule has 0 aliphatic heterocycles. The summed E-state index contributed by atoms with van der Waals surface area (Å²) in [4.78, 5) is 0. The summed E-state index contributed by atoms with van der Waals surface area (Å²) in [6, 6.07) is 0.433. The summed E-state index contributed by atoms with van der Waals surface area (Å²) in [5, 5.41) is 3.33. The summed E-state index contributed by atoms with van der Waals surface area (Å²) < 4.78 is 5.13. The van der Waals surface area contributed by atoms with Gasteiger partial charge >= 0.3 is 0 Å². The summed E-state index contributed by atoms with van der Waals surface area (Å²) in [6.45, 7) is 5.93. The van der Waals surface area contributed by atoms with Gasteiger partial charge in [-0.15, -0.1) is 0 Å². The zero-order chi connectivity index (χ0) is 9.40. The lowest BCUT2D eigenvalue weighted by molar-refractivity contribution is 0.109. The molecule has 0 fully saturated rings. The predicted octanol–water partition coefficient (Wildman–Crippen LogP) is 0.738. The Morgan fingerprint density at radius 1 is 1.42 bits per heavy atom. The first kappa shape index (κ1) is 11.9. The molecule has 0 amide bonds. The Balaban J connectivity index is 3.10. The molecule has 0 saturated heterocycles. The van der Waals surface area contributed by atoms with Crippen LogP contribution in [-0.4, -0.2) is 32.3 Å². The molecule has 2 atom stereocenters. The number of ether oxygens (including phenoxy) is 1. The standard InChI is InChI=1S/C9H22N2O/c1-8(7-10)11-6-4-5-9(2)12-3/h8-9,11H,4-7,10H2,1-3H3. The zero-order valence-electron chi connectivity index (χ0n) is 8.47. The van der Waals surface area contributed by atoms with E-state index in [0.717, 1.165) is 19.4 Å². The molecular weight excluding hydrogens is 152 g/mol. The molecule has 0 aliphatic carbocycles. The van der Waals surface area contributed by atoms with Gasteiger partial charge in [0.25, 0.3) is 0 Å². The van der Waals surface area contributed by atoms with Crippen LogP contribution in [0.1, 0.15) is 26.7 Å². The van der Waals surface area contributed by atoms with Crippen LogP contribution in [0.3, 0.4) is 0 Å². The van der Waals surface area contributed by atoms with Gasteiger partial charge < -0.3 is 15.8 Å². The molecule has 0 radical (unpaired) electrons. The first-order valence-corrected chi connectivity index (χ1v) is 4.67. The van der Waals surface area contributed by atoms with E-state index in [4.69, 9.17) is 10.5 Å². The van der Waals surface area contributed by atoms with Gasteiger partial charge in [-0.1, -0.05) is 0 Å². The molecule has 0 saturated carbocycles. The summed E-state index contributed by atoms with van der Waals surface area (Å²) in [6.07, 6.45) is 2.64. The van der Waals surface area contributed by atoms with E-state index in [9.17, 15) is 0 Å². The lowest BCUT2D eigenvalue weighted by atomic mass is 10.2. The van der Waals surface area contributed by atoms with E-state index in [1.807, 2.05) is 0 Å². The van der Waals surface area contributed by atoms with Gasteiger partial charge in [0, 0.05) is 19.7 Å². The Kier molecular flexibility index (Phi) is 7.45. The average molecular weight is 174 g/mol. The molecule has 0 bridgehead atoms. The molecule has 3 N–H and O–H groups in total. The first-order valence-electron chi connectivity index (χ1n) is 4.67. The third-order valence-corrected chi connectivity index (χ3v) is 2.04. The topological polar surface area (TPSA) is 47.3 Å². The van der Waals surface area contributed by atoms with E-state index in [0.29, 0.717) is 18.7 Å². The molecule has 0 aromatic rings. The third-order valence-electron chi connectivity index (χ3n) is 2.04. The highest BCUT2D eigenvalue weighted by Crippen LogP contribution is 1.98. The minimum absolute atomic E-state index is 0.375. The second kappa shape index (κ2) is 7.53. The molecule has 0 aromatic heterocycles. The van der Waals surface area contributed by atoms with Gasteiger partial charge in [-0.25, -0.2) is 0 Å². The number of hydrogen-bond donors (Lipinski definition) is 2. The quantitative estimate of drug-likeness (QED) is 0.560. The lowest BCUT2D eigenvalue weighted by Gasteiger charge is -2.12. The molecule has 0 rings (SSSR count). The molecule has 3 nitrogen and oxygen atoms in total. The van der Waals surface area contributed by atoms with Crippen molar-refractivity contribution in [3.8, 4) is 0 Å². The molecule has 0 aliphatic rings. The van der Waals surface area contributed by atoms with Crippen molar-refractivity contribution in [1.82, 2.24) is 5.32 Å². The Hall–Kier alpha value is -0.120. The van der Waals surface area contributed by atoms with Crippen LogP contribution in [0.4, 0.5) is 0 Å². The second-order valence-electron chi connectivity index (χ2n) is 3.28. The van der Waals surface area contributed by atoms with Crippen LogP contribution in [-0.2, 0) is 4.74 Å². The Morgan fingerprint density at radius 2 is 2.08 bits per heavy atom. The maximum absolute atomic E-state index is 5.45. The maximum Gasteiger partial charge on any atom is 0.0543 e. The minimum atomic E-state index is 0.375. The Labute approximate surface area is 75.7 Å². The van der Waals surface area contributed by atoms with Crippen molar-refractivity contribution in [3.63, 3.8) is 0 Å². The summed E-state index contributed by atoms with van der Waals surface area (Å²) >= 11 is 0. The maximum atomic E-state index is 5.45. The fraction of sp³-hybridized carbons (Fsp3) is 1.00. The Morgan fingerprint density at radius 3 is 2.58 bits per heavy atom. The van der Waals surface area contributed by atoms with Gasteiger partial charge in [-0.05, 0) is 33.2 Å². The number of rotatable bonds is 7. The number of hydrogen-bond acceptors (Lipinski definition) is 3. The first-order chi connectivity index (χ1) is 5.70. The van der Waals surface area contributed by atoms with Crippen LogP contribution >= 0.6 is 0 Å². The smallest absolute Gasteiger partial charge is 0.0543 e. The largest absolute Gasteiger partial charge is 0.382 e. The van der Waals surface area contributed by atoms with Gasteiger partial charge in [-0.3, -0.25) is 0 Å². The molecule has 0 spiro atoms. The van der Waals surface area contributed by atoms with E-state index >= 15 is 0 Å². The van der Waals surface area contributed by atoms with E-state index in [-0.39, 0.29) is 0 Å². The molecule has 3 heteroatoms. The van der Waals surface area contributed by atoms with E-state index in [2.05, 4.69) is 19.2 Å². The van der Waals surface area contributed by atoms with Crippen molar-refractivity contribution < 1.29 is 4.74 Å². The normalized spacial score (nSPS) is 16.0. The van der Waals surface area contributed by atoms with Crippen LogP contribution in [0.2, 0.25) is 0 Å². The van der Waals surface area contributed by atoms with E-state index in [1.54, 1.807) is 7.11 Å². The van der Waals surface area contributed by atoms with Gasteiger partial charge in [0.1, 0.15) is 0 Å². The van der Waals surface area contributed by atoms with Crippen LogP contribution in [0.25, 0.3) is 0 Å². The predicted molar refractivity (Wildman–Crippen MR) is 52.2 cm³/mol. The molecule has 2 unspecified atom stereocenters. The van der Waals surface area contributed by atoms with Gasteiger partial charge in [0.05, 0.1) is 6.10 Å². The van der Waals surface area contributed by atoms with E-state index in [1.165, 1.54) is 0 Å². The minimum Gasteiger partial charge on any atom is -0.382 e. The summed E-state index contributed by atoms with van der Waals surface area (Å²) in [5.74, 6) is 0. The zero-order valence-corrected chi connectivity index (χ0v) is 8.47. The number of nitrogens with one attached hydrogen (secondary N) is 1. The lowest BCUT2D eigenvalue weighted by Crippen LogP contribution is -2.34. The van der Waals surface area contributed by atoms with Crippen molar-refractivity contribution in [1.29, 1.82) is 0 Å². The highest BCUT2D eigenvalue weighted by molar-refractivity contribution is 4.61. The second-order valence-corrected chi connectivity index (χ2v) is 3.28. The van der Waals surface area contributed by atoms with Crippen LogP contribution in [0, 0.1) is 0 Å². The fourth-order valence-electron chi connectivity index (χ4n) is 0.939. The Bertz CT molecular complexity index is 86.5. The third kappa shape index (κ3) is 6.58. The summed E-state index contributed by atoms with van der Waals surface area (Å²) in [7, 11) is 1.75. The number of methoxy groups -OCH3 is 1. The van der Waals surface area contributed by atoms with Crippen molar-refractivity contribution in [2.24, 2.45) is 5.73 Å². The van der Waals surface area contributed by atoms with Crippen LogP contribution < -0.4 is 11.1 Å². The van der Waals surface area contributed by atoms with Crippen molar-refractivity contribution >= 4 is 0 Å². The van der Waals surface area contributed by atoms with Crippen LogP contribution in [0.15, 0.2) is 0 Å². The van der Waals surface area contributed by atoms with E-state index < -0.39 is 0 Å². The highest BCUT2D eigenvalue weighted by Gasteiger charge is 2.00. The van der Waals surface area contributed by atoms with Gasteiger partial charge in [0.15, 0.2) is 0 Å². The van der Waals surface area contributed by atoms with Gasteiger partial charge in [-0.2, -0.15) is 0 Å². The van der Waals surface area contributed by atoms with Gasteiger partial charge in [0.2, 0.25) is 0 Å². The molecular formula is C9H22N2O. The summed E-state index contributed by atoms with van der Waals surface area (Å²) in [5.41, 5.74) is 5.45. The molecule has 0 aromatic carbocycles. The molecule has 0 heterocycles. The SMILES string of the molecule is COC(C)CCCNC(C)CN. The van der Waals surface area contributed by atoms with Crippen LogP contribution in [0.5, 0.6) is 0 Å².